The van der Waals surface area contributed by atoms with Crippen LogP contribution in [0.4, 0.5) is 11.6 Å². The van der Waals surface area contributed by atoms with Gasteiger partial charge in [0.2, 0.25) is 0 Å². The molecule has 0 aliphatic rings. The fraction of sp³-hybridized carbons (Fsp3) is 0.0833. The van der Waals surface area contributed by atoms with Gasteiger partial charge >= 0.3 is 0 Å². The van der Waals surface area contributed by atoms with Gasteiger partial charge in [0, 0.05) is 6.54 Å². The van der Waals surface area contributed by atoms with Crippen LogP contribution in [0.25, 0.3) is 0 Å². The van der Waals surface area contributed by atoms with Gasteiger partial charge in [-0.3, -0.25) is 0 Å². The van der Waals surface area contributed by atoms with Crippen LogP contribution in [0.2, 0.25) is 0 Å². The number of aromatic nitrogens is 2. The first-order valence-corrected chi connectivity index (χ1v) is 6.24. The maximum atomic E-state index is 8.84. The Bertz CT molecular complexity index is 622. The SMILES string of the molecule is N#Cc1cccc(CNc2ncnc(NN)c2Br)c1. The predicted molar refractivity (Wildman–Crippen MR) is 76.0 cm³/mol. The van der Waals surface area contributed by atoms with E-state index in [1.807, 2.05) is 18.2 Å². The van der Waals surface area contributed by atoms with Gasteiger partial charge in [-0.25, -0.2) is 15.8 Å². The molecular formula is C12H11BrN6. The Balaban J connectivity index is 2.12. The smallest absolute Gasteiger partial charge is 0.159 e. The van der Waals surface area contributed by atoms with E-state index in [9.17, 15) is 0 Å². The molecule has 1 heterocycles. The molecule has 0 fully saturated rings. The Morgan fingerprint density at radius 1 is 1.32 bits per heavy atom. The minimum Gasteiger partial charge on any atom is -0.365 e. The molecule has 7 heteroatoms. The van der Waals surface area contributed by atoms with Crippen LogP contribution in [0.3, 0.4) is 0 Å². The van der Waals surface area contributed by atoms with Gasteiger partial charge in [0.05, 0.1) is 11.6 Å². The second-order valence-electron chi connectivity index (χ2n) is 3.69. The second-order valence-corrected chi connectivity index (χ2v) is 4.49. The molecule has 0 radical (unpaired) electrons. The van der Waals surface area contributed by atoms with E-state index in [1.165, 1.54) is 6.33 Å². The molecule has 0 amide bonds. The quantitative estimate of drug-likeness (QED) is 0.589. The van der Waals surface area contributed by atoms with Crippen molar-refractivity contribution in [2.45, 2.75) is 6.54 Å². The summed E-state index contributed by atoms with van der Waals surface area (Å²) in [6, 6.07) is 9.47. The molecule has 1 aromatic carbocycles. The standard InChI is InChI=1S/C12H11BrN6/c13-10-11(17-7-18-12(10)19-15)16-6-9-3-1-2-8(4-9)5-14/h1-4,7H,6,15H2,(H2,16,17,18,19). The van der Waals surface area contributed by atoms with Gasteiger partial charge in [-0.05, 0) is 33.6 Å². The summed E-state index contributed by atoms with van der Waals surface area (Å²) in [5, 5.41) is 12.0. The van der Waals surface area contributed by atoms with Gasteiger partial charge in [0.25, 0.3) is 0 Å². The Kier molecular flexibility index (Phi) is 4.28. The summed E-state index contributed by atoms with van der Waals surface area (Å²) < 4.78 is 0.661. The van der Waals surface area contributed by atoms with Crippen molar-refractivity contribution in [2.75, 3.05) is 10.7 Å². The van der Waals surface area contributed by atoms with Gasteiger partial charge < -0.3 is 10.7 Å². The van der Waals surface area contributed by atoms with Crippen LogP contribution in [0, 0.1) is 11.3 Å². The third-order valence-corrected chi connectivity index (χ3v) is 3.19. The van der Waals surface area contributed by atoms with Crippen molar-refractivity contribution in [1.29, 1.82) is 5.26 Å². The predicted octanol–water partition coefficient (Wildman–Crippen LogP) is 2.01. The Morgan fingerprint density at radius 3 is 2.84 bits per heavy atom. The summed E-state index contributed by atoms with van der Waals surface area (Å²) in [7, 11) is 0. The molecule has 0 saturated carbocycles. The van der Waals surface area contributed by atoms with Crippen LogP contribution < -0.4 is 16.6 Å². The molecule has 6 nitrogen and oxygen atoms in total. The van der Waals surface area contributed by atoms with Crippen LogP contribution in [-0.4, -0.2) is 9.97 Å². The Labute approximate surface area is 118 Å². The largest absolute Gasteiger partial charge is 0.365 e. The molecular weight excluding hydrogens is 308 g/mol. The van der Waals surface area contributed by atoms with E-state index in [-0.39, 0.29) is 0 Å². The van der Waals surface area contributed by atoms with Gasteiger partial charge in [0.15, 0.2) is 5.82 Å². The highest BCUT2D eigenvalue weighted by Gasteiger charge is 2.07. The summed E-state index contributed by atoms with van der Waals surface area (Å²) in [4.78, 5) is 8.08. The summed E-state index contributed by atoms with van der Waals surface area (Å²) in [6.07, 6.45) is 1.41. The zero-order valence-corrected chi connectivity index (χ0v) is 11.5. The summed E-state index contributed by atoms with van der Waals surface area (Å²) in [6.45, 7) is 0.551. The van der Waals surface area contributed by atoms with Gasteiger partial charge in [-0.2, -0.15) is 5.26 Å². The van der Waals surface area contributed by atoms with E-state index < -0.39 is 0 Å². The molecule has 0 saturated heterocycles. The normalized spacial score (nSPS) is 9.74. The van der Waals surface area contributed by atoms with Crippen molar-refractivity contribution in [3.8, 4) is 6.07 Å². The number of rotatable bonds is 4. The number of halogens is 1. The van der Waals surface area contributed by atoms with Gasteiger partial charge in [-0.15, -0.1) is 0 Å². The molecule has 0 unspecified atom stereocenters. The molecule has 0 aliphatic carbocycles. The lowest BCUT2D eigenvalue weighted by molar-refractivity contribution is 1.06. The van der Waals surface area contributed by atoms with Crippen molar-refractivity contribution < 1.29 is 0 Å². The molecule has 19 heavy (non-hydrogen) atoms. The number of nitrogen functional groups attached to an aromatic ring is 1. The Morgan fingerprint density at radius 2 is 2.11 bits per heavy atom. The maximum absolute atomic E-state index is 8.84. The highest BCUT2D eigenvalue weighted by Crippen LogP contribution is 2.25. The first-order chi connectivity index (χ1) is 9.24. The first-order valence-electron chi connectivity index (χ1n) is 5.44. The number of anilines is 2. The maximum Gasteiger partial charge on any atom is 0.159 e. The lowest BCUT2D eigenvalue weighted by Crippen LogP contribution is -2.11. The van der Waals surface area contributed by atoms with E-state index in [0.717, 1.165) is 5.56 Å². The molecule has 0 aliphatic heterocycles. The number of hydrogen-bond acceptors (Lipinski definition) is 6. The van der Waals surface area contributed by atoms with Crippen LogP contribution in [0.15, 0.2) is 35.1 Å². The van der Waals surface area contributed by atoms with E-state index in [0.29, 0.717) is 28.2 Å². The summed E-state index contributed by atoms with van der Waals surface area (Å²) in [5.74, 6) is 6.46. The Hall–Kier alpha value is -2.17. The molecule has 0 atom stereocenters. The average Bonchev–Trinajstić information content (AvgIpc) is 2.46. The molecule has 4 N–H and O–H groups in total. The first kappa shape index (κ1) is 13.3. The van der Waals surface area contributed by atoms with Crippen LogP contribution in [0.5, 0.6) is 0 Å². The average molecular weight is 319 g/mol. The van der Waals surface area contributed by atoms with Crippen molar-refractivity contribution in [3.63, 3.8) is 0 Å². The molecule has 0 spiro atoms. The third kappa shape index (κ3) is 3.19. The van der Waals surface area contributed by atoms with Crippen molar-refractivity contribution in [2.24, 2.45) is 5.84 Å². The number of nitrogens with zero attached hydrogens (tertiary/aromatic N) is 3. The minimum atomic E-state index is 0.503. The number of nitriles is 1. The number of benzene rings is 1. The van der Waals surface area contributed by atoms with Gasteiger partial charge in [0.1, 0.15) is 16.6 Å². The number of hydrogen-bond donors (Lipinski definition) is 3. The van der Waals surface area contributed by atoms with E-state index >= 15 is 0 Å². The fourth-order valence-corrected chi connectivity index (χ4v) is 1.99. The molecule has 2 aromatic rings. The molecule has 96 valence electrons. The van der Waals surface area contributed by atoms with Crippen molar-refractivity contribution >= 4 is 27.6 Å². The monoisotopic (exact) mass is 318 g/mol. The number of nitrogens with one attached hydrogen (secondary N) is 2. The molecule has 2 rings (SSSR count). The van der Waals surface area contributed by atoms with Crippen LogP contribution in [0.1, 0.15) is 11.1 Å². The summed E-state index contributed by atoms with van der Waals surface area (Å²) >= 11 is 3.36. The fourth-order valence-electron chi connectivity index (χ4n) is 1.53. The summed E-state index contributed by atoms with van der Waals surface area (Å²) in [5.41, 5.74) is 4.09. The zero-order chi connectivity index (χ0) is 13.7. The van der Waals surface area contributed by atoms with Crippen molar-refractivity contribution in [3.05, 3.63) is 46.2 Å². The molecule has 0 bridgehead atoms. The zero-order valence-electron chi connectivity index (χ0n) is 9.89. The van der Waals surface area contributed by atoms with E-state index in [4.69, 9.17) is 11.1 Å². The van der Waals surface area contributed by atoms with Crippen molar-refractivity contribution in [1.82, 2.24) is 9.97 Å². The minimum absolute atomic E-state index is 0.503. The van der Waals surface area contributed by atoms with Gasteiger partial charge in [-0.1, -0.05) is 12.1 Å². The lowest BCUT2D eigenvalue weighted by Gasteiger charge is -2.09. The van der Waals surface area contributed by atoms with Crippen LogP contribution in [-0.2, 0) is 6.54 Å². The number of nitrogens with two attached hydrogens (primary N) is 1. The van der Waals surface area contributed by atoms with E-state index in [1.54, 1.807) is 6.07 Å². The highest BCUT2D eigenvalue weighted by atomic mass is 79.9. The third-order valence-electron chi connectivity index (χ3n) is 2.44. The highest BCUT2D eigenvalue weighted by molar-refractivity contribution is 9.10. The topological polar surface area (TPSA) is 99.6 Å². The lowest BCUT2D eigenvalue weighted by atomic mass is 10.1. The van der Waals surface area contributed by atoms with E-state index in [2.05, 4.69) is 42.7 Å². The van der Waals surface area contributed by atoms with Crippen LogP contribution >= 0.6 is 15.9 Å². The second kappa shape index (κ2) is 6.13. The molecule has 1 aromatic heterocycles. The number of hydrazine groups is 1.